The van der Waals surface area contributed by atoms with Crippen molar-refractivity contribution in [2.45, 2.75) is 45.4 Å². The summed E-state index contributed by atoms with van der Waals surface area (Å²) in [5.41, 5.74) is 2.39. The van der Waals surface area contributed by atoms with E-state index in [-0.39, 0.29) is 30.5 Å². The molecule has 0 radical (unpaired) electrons. The highest BCUT2D eigenvalue weighted by Crippen LogP contribution is 2.48. The van der Waals surface area contributed by atoms with Crippen LogP contribution in [0.4, 0.5) is 10.5 Å². The summed E-state index contributed by atoms with van der Waals surface area (Å²) < 4.78 is 6.11. The lowest BCUT2D eigenvalue weighted by Gasteiger charge is -2.44. The standard InChI is InChI=1S/C22H24BrN3O3/c1-13-19(25-22(28)29-12-15-6-4-3-5-7-15)20-17(10-11-18(23)24-20)26(14(2)27)21(13)16-8-9-16/h3-7,10-11,13,16,19,21H,8-9,12H2,1-2H3,(H,25,28)/t13-,19-,21-/m1/s1. The molecule has 7 heteroatoms. The monoisotopic (exact) mass is 457 g/mol. The lowest BCUT2D eigenvalue weighted by Crippen LogP contribution is -2.53. The molecule has 0 spiro atoms. The third kappa shape index (κ3) is 4.15. The first-order valence-corrected chi connectivity index (χ1v) is 10.7. The molecule has 3 atom stereocenters. The molecule has 1 N–H and O–H groups in total. The zero-order chi connectivity index (χ0) is 20.5. The molecular formula is C22H24BrN3O3. The summed E-state index contributed by atoms with van der Waals surface area (Å²) >= 11 is 3.42. The minimum atomic E-state index is -0.482. The predicted molar refractivity (Wildman–Crippen MR) is 113 cm³/mol. The van der Waals surface area contributed by atoms with Crippen LogP contribution in [-0.2, 0) is 16.1 Å². The number of hydrogen-bond donors (Lipinski definition) is 1. The molecule has 29 heavy (non-hydrogen) atoms. The number of fused-ring (bicyclic) bond motifs is 1. The molecule has 1 aromatic heterocycles. The van der Waals surface area contributed by atoms with E-state index >= 15 is 0 Å². The number of pyridine rings is 1. The van der Waals surface area contributed by atoms with Gasteiger partial charge in [0.05, 0.1) is 17.4 Å². The van der Waals surface area contributed by atoms with Crippen molar-refractivity contribution in [2.24, 2.45) is 11.8 Å². The molecule has 2 amide bonds. The van der Waals surface area contributed by atoms with Gasteiger partial charge in [-0.2, -0.15) is 0 Å². The molecule has 1 saturated carbocycles. The van der Waals surface area contributed by atoms with E-state index in [1.54, 1.807) is 6.92 Å². The average molecular weight is 458 g/mol. The van der Waals surface area contributed by atoms with Gasteiger partial charge in [-0.25, -0.2) is 9.78 Å². The van der Waals surface area contributed by atoms with Gasteiger partial charge in [-0.1, -0.05) is 37.3 Å². The van der Waals surface area contributed by atoms with Crippen molar-refractivity contribution in [3.63, 3.8) is 0 Å². The first-order chi connectivity index (χ1) is 14.0. The Kier molecular flexibility index (Phi) is 5.58. The molecule has 1 aliphatic heterocycles. The number of amides is 2. The van der Waals surface area contributed by atoms with Crippen LogP contribution in [-0.4, -0.2) is 23.0 Å². The van der Waals surface area contributed by atoms with E-state index in [1.165, 1.54) is 0 Å². The number of carbonyl (C=O) groups excluding carboxylic acids is 2. The van der Waals surface area contributed by atoms with Crippen molar-refractivity contribution in [3.05, 3.63) is 58.3 Å². The Morgan fingerprint density at radius 1 is 1.21 bits per heavy atom. The van der Waals surface area contributed by atoms with Crippen LogP contribution >= 0.6 is 15.9 Å². The van der Waals surface area contributed by atoms with Gasteiger partial charge < -0.3 is 15.0 Å². The fourth-order valence-corrected chi connectivity index (χ4v) is 4.59. The predicted octanol–water partition coefficient (Wildman–Crippen LogP) is 4.59. The second-order valence-electron chi connectivity index (χ2n) is 7.80. The molecule has 4 rings (SSSR count). The average Bonchev–Trinajstić information content (AvgIpc) is 3.53. The molecule has 0 unspecified atom stereocenters. The van der Waals surface area contributed by atoms with Gasteiger partial charge in [-0.15, -0.1) is 0 Å². The molecule has 152 valence electrons. The lowest BCUT2D eigenvalue weighted by atomic mass is 9.82. The van der Waals surface area contributed by atoms with E-state index in [4.69, 9.17) is 4.74 Å². The van der Waals surface area contributed by atoms with E-state index in [1.807, 2.05) is 47.4 Å². The minimum absolute atomic E-state index is 0.00391. The van der Waals surface area contributed by atoms with Crippen LogP contribution in [0.15, 0.2) is 47.1 Å². The smallest absolute Gasteiger partial charge is 0.408 e. The minimum Gasteiger partial charge on any atom is -0.445 e. The summed E-state index contributed by atoms with van der Waals surface area (Å²) in [5.74, 6) is 0.476. The number of ether oxygens (including phenoxy) is 1. The highest BCUT2D eigenvalue weighted by atomic mass is 79.9. The molecule has 2 heterocycles. The number of halogens is 1. The fraction of sp³-hybridized carbons (Fsp3) is 0.409. The molecule has 1 aromatic carbocycles. The van der Waals surface area contributed by atoms with E-state index in [0.717, 1.165) is 24.1 Å². The lowest BCUT2D eigenvalue weighted by molar-refractivity contribution is -0.117. The molecule has 1 fully saturated rings. The summed E-state index contributed by atoms with van der Waals surface area (Å²) in [6.07, 6.45) is 1.72. The first-order valence-electron chi connectivity index (χ1n) is 9.89. The maximum Gasteiger partial charge on any atom is 0.408 e. The van der Waals surface area contributed by atoms with Gasteiger partial charge in [0.15, 0.2) is 0 Å². The molecule has 0 bridgehead atoms. The van der Waals surface area contributed by atoms with Crippen molar-refractivity contribution >= 4 is 33.6 Å². The number of aromatic nitrogens is 1. The number of carbonyl (C=O) groups is 2. The van der Waals surface area contributed by atoms with Crippen LogP contribution in [0.2, 0.25) is 0 Å². The number of nitrogens with zero attached hydrogens (tertiary/aromatic N) is 2. The number of anilines is 1. The Morgan fingerprint density at radius 2 is 1.93 bits per heavy atom. The fourth-order valence-electron chi connectivity index (χ4n) is 4.27. The second-order valence-corrected chi connectivity index (χ2v) is 8.61. The first kappa shape index (κ1) is 19.9. The van der Waals surface area contributed by atoms with Crippen LogP contribution in [0.5, 0.6) is 0 Å². The van der Waals surface area contributed by atoms with Gasteiger partial charge >= 0.3 is 6.09 Å². The molecular weight excluding hydrogens is 434 g/mol. The van der Waals surface area contributed by atoms with Crippen molar-refractivity contribution in [3.8, 4) is 0 Å². The van der Waals surface area contributed by atoms with Crippen LogP contribution in [0.3, 0.4) is 0 Å². The molecule has 6 nitrogen and oxygen atoms in total. The molecule has 2 aromatic rings. The van der Waals surface area contributed by atoms with Gasteiger partial charge in [0.1, 0.15) is 11.2 Å². The van der Waals surface area contributed by atoms with E-state index in [0.29, 0.717) is 16.2 Å². The summed E-state index contributed by atoms with van der Waals surface area (Å²) in [5, 5.41) is 3.01. The van der Waals surface area contributed by atoms with Gasteiger partial charge in [0.25, 0.3) is 0 Å². The summed E-state index contributed by atoms with van der Waals surface area (Å²) in [6, 6.07) is 13.0. The molecule has 0 saturated heterocycles. The van der Waals surface area contributed by atoms with Crippen LogP contribution in [0, 0.1) is 11.8 Å². The maximum atomic E-state index is 12.6. The Balaban J connectivity index is 1.59. The summed E-state index contributed by atoms with van der Waals surface area (Å²) in [7, 11) is 0. The third-order valence-electron chi connectivity index (χ3n) is 5.72. The Morgan fingerprint density at radius 3 is 2.59 bits per heavy atom. The third-order valence-corrected chi connectivity index (χ3v) is 6.16. The Hall–Kier alpha value is -2.41. The highest BCUT2D eigenvalue weighted by Gasteiger charge is 2.48. The number of alkyl carbamates (subject to hydrolysis) is 1. The topological polar surface area (TPSA) is 71.5 Å². The SMILES string of the molecule is CC(=O)N1c2ccc(Br)nc2[C@H](NC(=O)OCc2ccccc2)[C@@H](C)[C@@H]1C1CC1. The number of rotatable bonds is 4. The van der Waals surface area contributed by atoms with Gasteiger partial charge in [-0.05, 0) is 52.4 Å². The van der Waals surface area contributed by atoms with Gasteiger partial charge in [-0.3, -0.25) is 4.79 Å². The van der Waals surface area contributed by atoms with E-state index < -0.39 is 6.09 Å². The van der Waals surface area contributed by atoms with Crippen molar-refractivity contribution in [1.82, 2.24) is 10.3 Å². The zero-order valence-electron chi connectivity index (χ0n) is 16.5. The molecule has 2 aliphatic rings. The van der Waals surface area contributed by atoms with Crippen LogP contribution < -0.4 is 10.2 Å². The van der Waals surface area contributed by atoms with Crippen LogP contribution in [0.1, 0.15) is 44.0 Å². The highest BCUT2D eigenvalue weighted by molar-refractivity contribution is 9.10. The van der Waals surface area contributed by atoms with Gasteiger partial charge in [0.2, 0.25) is 5.91 Å². The summed E-state index contributed by atoms with van der Waals surface area (Å²) in [6.45, 7) is 3.88. The molecule has 1 aliphatic carbocycles. The van der Waals surface area contributed by atoms with E-state index in [9.17, 15) is 9.59 Å². The maximum absolute atomic E-state index is 12.6. The Bertz CT molecular complexity index is 917. The van der Waals surface area contributed by atoms with Crippen molar-refractivity contribution < 1.29 is 14.3 Å². The van der Waals surface area contributed by atoms with E-state index in [2.05, 4.69) is 33.2 Å². The van der Waals surface area contributed by atoms with Gasteiger partial charge in [0, 0.05) is 18.9 Å². The normalized spacial score (nSPS) is 23.3. The summed E-state index contributed by atoms with van der Waals surface area (Å²) in [4.78, 5) is 31.6. The Labute approximate surface area is 178 Å². The second kappa shape index (κ2) is 8.14. The van der Waals surface area contributed by atoms with Crippen molar-refractivity contribution in [1.29, 1.82) is 0 Å². The zero-order valence-corrected chi connectivity index (χ0v) is 18.1. The largest absolute Gasteiger partial charge is 0.445 e. The quantitative estimate of drug-likeness (QED) is 0.681. The number of benzene rings is 1. The van der Waals surface area contributed by atoms with Crippen LogP contribution in [0.25, 0.3) is 0 Å². The van der Waals surface area contributed by atoms with Crippen molar-refractivity contribution in [2.75, 3.05) is 4.90 Å². The number of hydrogen-bond acceptors (Lipinski definition) is 4. The number of nitrogens with one attached hydrogen (secondary N) is 1.